The summed E-state index contributed by atoms with van der Waals surface area (Å²) in [4.78, 5) is 13.3. The number of nitrogens with zero attached hydrogens (tertiary/aromatic N) is 2. The van der Waals surface area contributed by atoms with E-state index in [-0.39, 0.29) is 5.82 Å². The lowest BCUT2D eigenvalue weighted by Gasteiger charge is -2.10. The average molecular weight is 442 g/mol. The van der Waals surface area contributed by atoms with Crippen LogP contribution in [-0.4, -0.2) is 9.97 Å². The Kier molecular flexibility index (Phi) is 5.16. The van der Waals surface area contributed by atoms with Crippen molar-refractivity contribution in [1.82, 2.24) is 9.97 Å². The number of thiophene rings is 1. The number of aromatic nitrogens is 2. The van der Waals surface area contributed by atoms with E-state index in [2.05, 4.69) is 5.32 Å². The number of aryl methyl sites for hydroxylation is 2. The van der Waals surface area contributed by atoms with Gasteiger partial charge in [0, 0.05) is 20.5 Å². The molecule has 0 bridgehead atoms. The molecular formula is C22H17ClFN3S2. The Morgan fingerprint density at radius 1 is 1.03 bits per heavy atom. The van der Waals surface area contributed by atoms with E-state index in [0.29, 0.717) is 5.75 Å². The fourth-order valence-electron chi connectivity index (χ4n) is 3.54. The van der Waals surface area contributed by atoms with Crippen molar-refractivity contribution in [3.8, 4) is 0 Å². The van der Waals surface area contributed by atoms with Crippen LogP contribution in [-0.2, 0) is 18.6 Å². The smallest absolute Gasteiger partial charge is 0.143 e. The van der Waals surface area contributed by atoms with E-state index in [1.54, 1.807) is 35.2 Å². The Labute approximate surface area is 181 Å². The second-order valence-electron chi connectivity index (χ2n) is 6.90. The van der Waals surface area contributed by atoms with Gasteiger partial charge < -0.3 is 5.32 Å². The molecule has 2 heterocycles. The topological polar surface area (TPSA) is 37.8 Å². The molecule has 1 aliphatic carbocycles. The number of fused-ring (bicyclic) bond motifs is 3. The largest absolute Gasteiger partial charge is 0.340 e. The summed E-state index contributed by atoms with van der Waals surface area (Å²) in [6.07, 6.45) is 3.36. The summed E-state index contributed by atoms with van der Waals surface area (Å²) in [6, 6.07) is 14.2. The first-order chi connectivity index (χ1) is 14.2. The Hall–Kier alpha value is -2.15. The van der Waals surface area contributed by atoms with Crippen molar-refractivity contribution in [3.63, 3.8) is 0 Å². The summed E-state index contributed by atoms with van der Waals surface area (Å²) in [5.74, 6) is 2.01. The molecule has 0 radical (unpaired) electrons. The number of nitrogens with one attached hydrogen (secondary N) is 1. The Bertz CT molecular complexity index is 1170. The molecule has 146 valence electrons. The molecule has 0 fully saturated rings. The van der Waals surface area contributed by atoms with Gasteiger partial charge in [-0.1, -0.05) is 11.6 Å². The zero-order valence-electron chi connectivity index (χ0n) is 15.4. The zero-order valence-corrected chi connectivity index (χ0v) is 17.8. The molecule has 1 aliphatic rings. The van der Waals surface area contributed by atoms with Crippen LogP contribution in [0.15, 0.2) is 53.4 Å². The summed E-state index contributed by atoms with van der Waals surface area (Å²) in [6.45, 7) is 0. The lowest BCUT2D eigenvalue weighted by molar-refractivity contribution is 0.628. The summed E-state index contributed by atoms with van der Waals surface area (Å²) in [7, 11) is 0. The van der Waals surface area contributed by atoms with Gasteiger partial charge in [-0.15, -0.1) is 23.1 Å². The summed E-state index contributed by atoms with van der Waals surface area (Å²) >= 11 is 9.43. The zero-order chi connectivity index (χ0) is 19.8. The van der Waals surface area contributed by atoms with Crippen LogP contribution in [0.1, 0.15) is 22.7 Å². The van der Waals surface area contributed by atoms with Gasteiger partial charge in [-0.3, -0.25) is 0 Å². The SMILES string of the molecule is Fc1ccc(Nc2nc(CSc3ccc(Cl)cc3)nc3sc4c(c23)CCC4)cc1. The van der Waals surface area contributed by atoms with Crippen molar-refractivity contribution in [1.29, 1.82) is 0 Å². The van der Waals surface area contributed by atoms with Crippen LogP contribution in [0, 0.1) is 5.82 Å². The number of thioether (sulfide) groups is 1. The highest BCUT2D eigenvalue weighted by molar-refractivity contribution is 7.98. The van der Waals surface area contributed by atoms with Crippen molar-refractivity contribution in [2.24, 2.45) is 0 Å². The van der Waals surface area contributed by atoms with Crippen LogP contribution in [0.4, 0.5) is 15.9 Å². The summed E-state index contributed by atoms with van der Waals surface area (Å²) in [5.41, 5.74) is 2.19. The van der Waals surface area contributed by atoms with Crippen molar-refractivity contribution >= 4 is 56.4 Å². The van der Waals surface area contributed by atoms with Gasteiger partial charge in [-0.25, -0.2) is 14.4 Å². The maximum atomic E-state index is 13.3. The number of benzene rings is 2. The lowest BCUT2D eigenvalue weighted by Crippen LogP contribution is -2.01. The van der Waals surface area contributed by atoms with E-state index < -0.39 is 0 Å². The number of halogens is 2. The minimum absolute atomic E-state index is 0.250. The number of anilines is 2. The van der Waals surface area contributed by atoms with E-state index in [4.69, 9.17) is 21.6 Å². The Morgan fingerprint density at radius 3 is 2.62 bits per heavy atom. The third kappa shape index (κ3) is 3.97. The highest BCUT2D eigenvalue weighted by atomic mass is 35.5. The predicted octanol–water partition coefficient (Wildman–Crippen LogP) is 7.01. The standard InChI is InChI=1S/C22H17ClFN3S2/c23-13-4-10-16(11-5-13)28-12-19-26-21(25-15-8-6-14(24)7-9-15)20-17-2-1-3-18(17)29-22(20)27-19/h4-11H,1-3,12H2,(H,25,26,27). The van der Waals surface area contributed by atoms with E-state index in [0.717, 1.165) is 50.3 Å². The molecule has 0 atom stereocenters. The fourth-order valence-corrected chi connectivity index (χ4v) is 5.70. The molecule has 0 aliphatic heterocycles. The molecule has 0 spiro atoms. The third-order valence-electron chi connectivity index (χ3n) is 4.90. The predicted molar refractivity (Wildman–Crippen MR) is 120 cm³/mol. The summed E-state index contributed by atoms with van der Waals surface area (Å²) in [5, 5.41) is 5.24. The first-order valence-corrected chi connectivity index (χ1v) is 11.6. The van der Waals surface area contributed by atoms with Crippen LogP contribution < -0.4 is 5.32 Å². The van der Waals surface area contributed by atoms with Gasteiger partial charge in [-0.05, 0) is 73.4 Å². The molecule has 0 amide bonds. The molecule has 5 rings (SSSR count). The van der Waals surface area contributed by atoms with E-state index in [1.165, 1.54) is 29.0 Å². The molecule has 29 heavy (non-hydrogen) atoms. The maximum Gasteiger partial charge on any atom is 0.143 e. The fraction of sp³-hybridized carbons (Fsp3) is 0.182. The average Bonchev–Trinajstić information content (AvgIpc) is 3.30. The monoisotopic (exact) mass is 441 g/mol. The van der Waals surface area contributed by atoms with Gasteiger partial charge in [0.25, 0.3) is 0 Å². The van der Waals surface area contributed by atoms with E-state index in [1.807, 2.05) is 24.3 Å². The molecular weight excluding hydrogens is 425 g/mol. The molecule has 4 aromatic rings. The van der Waals surface area contributed by atoms with E-state index >= 15 is 0 Å². The molecule has 0 unspecified atom stereocenters. The minimum atomic E-state index is -0.250. The van der Waals surface area contributed by atoms with Gasteiger partial charge in [0.05, 0.1) is 11.1 Å². The molecule has 0 saturated carbocycles. The van der Waals surface area contributed by atoms with Gasteiger partial charge >= 0.3 is 0 Å². The van der Waals surface area contributed by atoms with Crippen LogP contribution >= 0.6 is 34.7 Å². The van der Waals surface area contributed by atoms with Crippen LogP contribution in [0.2, 0.25) is 5.02 Å². The normalized spacial score (nSPS) is 13.0. The molecule has 3 nitrogen and oxygen atoms in total. The van der Waals surface area contributed by atoms with Crippen molar-refractivity contribution in [2.45, 2.75) is 29.9 Å². The second-order valence-corrected chi connectivity index (χ2v) is 9.47. The van der Waals surface area contributed by atoms with Gasteiger partial charge in [0.2, 0.25) is 0 Å². The van der Waals surface area contributed by atoms with Gasteiger partial charge in [0.15, 0.2) is 0 Å². The number of rotatable bonds is 5. The molecule has 2 aromatic heterocycles. The first-order valence-electron chi connectivity index (χ1n) is 9.38. The van der Waals surface area contributed by atoms with Gasteiger partial charge in [-0.2, -0.15) is 0 Å². The second kappa shape index (κ2) is 7.94. The molecule has 0 saturated heterocycles. The Balaban J connectivity index is 1.50. The van der Waals surface area contributed by atoms with E-state index in [9.17, 15) is 4.39 Å². The third-order valence-corrected chi connectivity index (χ3v) is 7.35. The highest BCUT2D eigenvalue weighted by Crippen LogP contribution is 2.40. The number of hydrogen-bond acceptors (Lipinski definition) is 5. The molecule has 2 aromatic carbocycles. The minimum Gasteiger partial charge on any atom is -0.340 e. The number of hydrogen-bond donors (Lipinski definition) is 1. The summed E-state index contributed by atoms with van der Waals surface area (Å²) < 4.78 is 13.3. The molecule has 7 heteroatoms. The first kappa shape index (κ1) is 18.9. The van der Waals surface area contributed by atoms with Crippen molar-refractivity contribution in [3.05, 3.63) is 75.6 Å². The van der Waals surface area contributed by atoms with Crippen LogP contribution in [0.5, 0.6) is 0 Å². The highest BCUT2D eigenvalue weighted by Gasteiger charge is 2.22. The lowest BCUT2D eigenvalue weighted by atomic mass is 10.2. The van der Waals surface area contributed by atoms with Crippen LogP contribution in [0.25, 0.3) is 10.2 Å². The van der Waals surface area contributed by atoms with Crippen molar-refractivity contribution in [2.75, 3.05) is 5.32 Å². The quantitative estimate of drug-likeness (QED) is 0.338. The van der Waals surface area contributed by atoms with Crippen LogP contribution in [0.3, 0.4) is 0 Å². The molecule has 1 N–H and O–H groups in total. The Morgan fingerprint density at radius 2 is 1.83 bits per heavy atom. The van der Waals surface area contributed by atoms with Gasteiger partial charge in [0.1, 0.15) is 22.3 Å². The van der Waals surface area contributed by atoms with Crippen molar-refractivity contribution < 1.29 is 4.39 Å². The maximum absolute atomic E-state index is 13.3.